The fourth-order valence-corrected chi connectivity index (χ4v) is 4.26. The number of nitrogens with zero attached hydrogens (tertiary/aromatic N) is 3. The van der Waals surface area contributed by atoms with Crippen LogP contribution in [0.15, 0.2) is 49.2 Å². The molecular weight excluding hydrogens is 511 g/mol. The molecule has 1 atom stereocenters. The largest absolute Gasteiger partial charge is 0.418 e. The van der Waals surface area contributed by atoms with Crippen molar-refractivity contribution in [1.29, 1.82) is 0 Å². The molecule has 1 aliphatic rings. The number of rotatable bonds is 8. The van der Waals surface area contributed by atoms with Gasteiger partial charge in [0, 0.05) is 25.4 Å². The summed E-state index contributed by atoms with van der Waals surface area (Å²) in [5.41, 5.74) is -0.640. The summed E-state index contributed by atoms with van der Waals surface area (Å²) in [7, 11) is 0. The number of carbonyl (C=O) groups excluding carboxylic acids is 2. The van der Waals surface area contributed by atoms with Gasteiger partial charge in [0.05, 0.1) is 58.0 Å². The topological polar surface area (TPSA) is 106 Å². The lowest BCUT2D eigenvalue weighted by atomic mass is 9.80. The number of aryl methyl sites for hydroxylation is 1. The summed E-state index contributed by atoms with van der Waals surface area (Å²) in [5.74, 6) is -0.660. The smallest absolute Gasteiger partial charge is 0.380 e. The van der Waals surface area contributed by atoms with E-state index < -0.39 is 17.2 Å². The van der Waals surface area contributed by atoms with E-state index >= 15 is 0 Å². The standard InChI is InChI=1S/C25H23ClF3N5O3/c1-15-2-3-20(18(6-15)25(27,28)29)34-17-7-19(26)21(32-11-17)12-33-23(36)24(4-5-37-13-24)8-22(35)16-9-30-14-31-10-16/h2-3,6-7,9-11,14,34H,4-5,8,12-13H2,1H3,(H,33,36)/t24-/m0/s1. The van der Waals surface area contributed by atoms with Crippen LogP contribution in [-0.4, -0.2) is 39.9 Å². The van der Waals surface area contributed by atoms with Gasteiger partial charge in [-0.1, -0.05) is 23.2 Å². The molecule has 12 heteroatoms. The first-order valence-electron chi connectivity index (χ1n) is 11.3. The van der Waals surface area contributed by atoms with Crippen LogP contribution in [0.25, 0.3) is 0 Å². The van der Waals surface area contributed by atoms with E-state index in [2.05, 4.69) is 25.6 Å². The number of pyridine rings is 1. The van der Waals surface area contributed by atoms with Crippen molar-refractivity contribution in [2.45, 2.75) is 32.5 Å². The molecule has 1 fully saturated rings. The lowest BCUT2D eigenvalue weighted by Crippen LogP contribution is -2.43. The molecule has 1 aromatic carbocycles. The molecule has 0 bridgehead atoms. The first kappa shape index (κ1) is 26.5. The number of carbonyl (C=O) groups is 2. The molecule has 2 aromatic heterocycles. The molecule has 1 amide bonds. The second kappa shape index (κ2) is 10.8. The highest BCUT2D eigenvalue weighted by molar-refractivity contribution is 6.31. The van der Waals surface area contributed by atoms with E-state index in [9.17, 15) is 22.8 Å². The fourth-order valence-electron chi connectivity index (χ4n) is 4.03. The van der Waals surface area contributed by atoms with Gasteiger partial charge in [-0.15, -0.1) is 0 Å². The van der Waals surface area contributed by atoms with E-state index in [1.54, 1.807) is 13.0 Å². The number of benzene rings is 1. The Morgan fingerprint density at radius 1 is 1.16 bits per heavy atom. The molecule has 4 rings (SSSR count). The summed E-state index contributed by atoms with van der Waals surface area (Å²) in [6.07, 6.45) is 1.18. The number of alkyl halides is 3. The second-order valence-electron chi connectivity index (χ2n) is 8.82. The van der Waals surface area contributed by atoms with Crippen molar-refractivity contribution in [3.05, 3.63) is 76.6 Å². The highest BCUT2D eigenvalue weighted by Crippen LogP contribution is 2.37. The summed E-state index contributed by atoms with van der Waals surface area (Å²) >= 11 is 6.32. The Balaban J connectivity index is 1.44. The quantitative estimate of drug-likeness (QED) is 0.397. The maximum absolute atomic E-state index is 13.4. The molecule has 0 aliphatic carbocycles. The minimum absolute atomic E-state index is 0.0410. The van der Waals surface area contributed by atoms with Crippen molar-refractivity contribution in [2.75, 3.05) is 18.5 Å². The summed E-state index contributed by atoms with van der Waals surface area (Å²) in [6.45, 7) is 1.96. The molecule has 37 heavy (non-hydrogen) atoms. The van der Waals surface area contributed by atoms with Crippen LogP contribution in [0.1, 0.15) is 40.0 Å². The lowest BCUT2D eigenvalue weighted by molar-refractivity contribution is -0.137. The average Bonchev–Trinajstić information content (AvgIpc) is 3.34. The number of nitrogens with one attached hydrogen (secondary N) is 2. The van der Waals surface area contributed by atoms with Gasteiger partial charge in [0.25, 0.3) is 0 Å². The Morgan fingerprint density at radius 2 is 1.92 bits per heavy atom. The van der Waals surface area contributed by atoms with Crippen LogP contribution < -0.4 is 10.6 Å². The Kier molecular flexibility index (Phi) is 7.74. The van der Waals surface area contributed by atoms with E-state index in [4.69, 9.17) is 16.3 Å². The maximum Gasteiger partial charge on any atom is 0.418 e. The Morgan fingerprint density at radius 3 is 2.57 bits per heavy atom. The van der Waals surface area contributed by atoms with Gasteiger partial charge in [0.1, 0.15) is 6.33 Å². The molecule has 2 N–H and O–H groups in total. The van der Waals surface area contributed by atoms with Crippen LogP contribution in [0.2, 0.25) is 5.02 Å². The Bertz CT molecular complexity index is 1300. The van der Waals surface area contributed by atoms with Gasteiger partial charge in [-0.2, -0.15) is 13.2 Å². The third-order valence-electron chi connectivity index (χ3n) is 6.06. The normalized spacial score (nSPS) is 17.4. The highest BCUT2D eigenvalue weighted by Gasteiger charge is 2.44. The molecule has 194 valence electrons. The molecule has 1 aliphatic heterocycles. The summed E-state index contributed by atoms with van der Waals surface area (Å²) in [5, 5.41) is 5.63. The summed E-state index contributed by atoms with van der Waals surface area (Å²) < 4.78 is 45.7. The molecule has 0 spiro atoms. The van der Waals surface area contributed by atoms with E-state index in [0.717, 1.165) is 6.07 Å². The van der Waals surface area contributed by atoms with Gasteiger partial charge < -0.3 is 15.4 Å². The van der Waals surface area contributed by atoms with Gasteiger partial charge in [0.2, 0.25) is 5.91 Å². The Hall–Kier alpha value is -3.57. The zero-order chi connectivity index (χ0) is 26.6. The first-order valence-corrected chi connectivity index (χ1v) is 11.7. The molecule has 0 radical (unpaired) electrons. The number of amides is 1. The van der Waals surface area contributed by atoms with Crippen LogP contribution in [-0.2, 0) is 22.3 Å². The number of hydrogen-bond donors (Lipinski definition) is 2. The van der Waals surface area contributed by atoms with Crippen molar-refractivity contribution >= 4 is 34.7 Å². The number of aromatic nitrogens is 3. The van der Waals surface area contributed by atoms with Crippen LogP contribution in [0.5, 0.6) is 0 Å². The lowest BCUT2D eigenvalue weighted by Gasteiger charge is -2.25. The zero-order valence-corrected chi connectivity index (χ0v) is 20.5. The van der Waals surface area contributed by atoms with Crippen molar-refractivity contribution in [2.24, 2.45) is 5.41 Å². The summed E-state index contributed by atoms with van der Waals surface area (Å²) in [4.78, 5) is 37.7. The highest BCUT2D eigenvalue weighted by atomic mass is 35.5. The maximum atomic E-state index is 13.4. The average molecular weight is 534 g/mol. The molecular formula is C25H23ClF3N5O3. The van der Waals surface area contributed by atoms with Gasteiger partial charge in [-0.25, -0.2) is 9.97 Å². The van der Waals surface area contributed by atoms with Crippen molar-refractivity contribution in [3.8, 4) is 0 Å². The SMILES string of the molecule is Cc1ccc(Nc2cnc(CNC(=O)[C@]3(CC(=O)c4cncnc4)CCOC3)c(Cl)c2)c(C(F)(F)F)c1. The monoisotopic (exact) mass is 533 g/mol. The number of ether oxygens (including phenoxy) is 1. The number of hydrogen-bond acceptors (Lipinski definition) is 7. The van der Waals surface area contributed by atoms with Crippen LogP contribution in [0.3, 0.4) is 0 Å². The fraction of sp³-hybridized carbons (Fsp3) is 0.320. The zero-order valence-electron chi connectivity index (χ0n) is 19.7. The van der Waals surface area contributed by atoms with Gasteiger partial charge in [-0.05, 0) is 31.5 Å². The molecule has 3 heterocycles. The number of ketones is 1. The van der Waals surface area contributed by atoms with Crippen molar-refractivity contribution in [3.63, 3.8) is 0 Å². The van der Waals surface area contributed by atoms with E-state index in [1.165, 1.54) is 37.1 Å². The molecule has 1 saturated heterocycles. The van der Waals surface area contributed by atoms with Crippen molar-refractivity contribution < 1.29 is 27.5 Å². The van der Waals surface area contributed by atoms with Crippen LogP contribution in [0.4, 0.5) is 24.5 Å². The number of anilines is 2. The minimum atomic E-state index is -4.54. The number of Topliss-reactive ketones (excluding diaryl/α,β-unsaturated/α-hetero) is 1. The molecule has 8 nitrogen and oxygen atoms in total. The van der Waals surface area contributed by atoms with Crippen LogP contribution >= 0.6 is 11.6 Å². The molecule has 0 saturated carbocycles. The molecule has 0 unspecified atom stereocenters. The van der Waals surface area contributed by atoms with E-state index in [1.807, 2.05) is 0 Å². The van der Waals surface area contributed by atoms with E-state index in [0.29, 0.717) is 29.8 Å². The second-order valence-corrected chi connectivity index (χ2v) is 9.22. The number of halogens is 4. The first-order chi connectivity index (χ1) is 17.6. The van der Waals surface area contributed by atoms with Crippen LogP contribution in [0, 0.1) is 12.3 Å². The predicted octanol–water partition coefficient (Wildman–Crippen LogP) is 4.89. The Labute approximate surface area is 215 Å². The third-order valence-corrected chi connectivity index (χ3v) is 6.39. The minimum Gasteiger partial charge on any atom is -0.380 e. The molecule has 3 aromatic rings. The predicted molar refractivity (Wildman–Crippen MR) is 129 cm³/mol. The third kappa shape index (κ3) is 6.23. The summed E-state index contributed by atoms with van der Waals surface area (Å²) in [6, 6.07) is 5.39. The van der Waals surface area contributed by atoms with Gasteiger partial charge in [0.15, 0.2) is 5.78 Å². The van der Waals surface area contributed by atoms with Gasteiger partial charge >= 0.3 is 6.18 Å². The van der Waals surface area contributed by atoms with E-state index in [-0.39, 0.29) is 47.7 Å². The van der Waals surface area contributed by atoms with Crippen molar-refractivity contribution in [1.82, 2.24) is 20.3 Å². The van der Waals surface area contributed by atoms with Gasteiger partial charge in [-0.3, -0.25) is 14.6 Å².